The first kappa shape index (κ1) is 12.5. The topological polar surface area (TPSA) is 57.6 Å². The fourth-order valence-electron chi connectivity index (χ4n) is 1.73. The maximum atomic E-state index is 11.7. The van der Waals surface area contributed by atoms with Crippen LogP contribution in [0.15, 0.2) is 24.3 Å². The summed E-state index contributed by atoms with van der Waals surface area (Å²) in [6.45, 7) is 2.85. The number of carboxylic acids is 1. The second kappa shape index (κ2) is 6.10. The lowest BCUT2D eigenvalue weighted by Crippen LogP contribution is -2.41. The standard InChI is InChI=1S/C12H17NO3/c1-2-3-4-7-11(14)13-8-5-6-10(9-13)12(15)16/h2-4,7,10H,5-6,8-9H2,1H3,(H,15,16)/b3-2+,7-4?/t10-/m0/s1. The number of rotatable bonds is 3. The molecule has 1 rings (SSSR count). The third-order valence-electron chi connectivity index (χ3n) is 2.62. The number of aliphatic carboxylic acids is 1. The van der Waals surface area contributed by atoms with Gasteiger partial charge in [0.25, 0.3) is 0 Å². The summed E-state index contributed by atoms with van der Waals surface area (Å²) in [5.41, 5.74) is 0. The van der Waals surface area contributed by atoms with Crippen LogP contribution in [0.5, 0.6) is 0 Å². The number of carbonyl (C=O) groups is 2. The molecule has 0 saturated carbocycles. The number of nitrogens with zero attached hydrogens (tertiary/aromatic N) is 1. The molecule has 88 valence electrons. The molecule has 0 aromatic carbocycles. The minimum Gasteiger partial charge on any atom is -0.481 e. The number of allylic oxidation sites excluding steroid dienone is 3. The fraction of sp³-hybridized carbons (Fsp3) is 0.500. The van der Waals surface area contributed by atoms with E-state index in [0.717, 1.165) is 6.42 Å². The monoisotopic (exact) mass is 223 g/mol. The maximum Gasteiger partial charge on any atom is 0.308 e. The SMILES string of the molecule is C/C=C/C=CC(=O)N1CCC[C@H](C(=O)O)C1. The third-order valence-corrected chi connectivity index (χ3v) is 2.62. The van der Waals surface area contributed by atoms with E-state index in [4.69, 9.17) is 5.11 Å². The number of carbonyl (C=O) groups excluding carboxylic acids is 1. The van der Waals surface area contributed by atoms with Crippen LogP contribution in [0.4, 0.5) is 0 Å². The minimum atomic E-state index is -0.810. The van der Waals surface area contributed by atoms with Gasteiger partial charge in [0.05, 0.1) is 5.92 Å². The van der Waals surface area contributed by atoms with Gasteiger partial charge in [0, 0.05) is 19.2 Å². The van der Waals surface area contributed by atoms with Crippen molar-refractivity contribution in [2.24, 2.45) is 5.92 Å². The van der Waals surface area contributed by atoms with E-state index in [1.54, 1.807) is 17.1 Å². The summed E-state index contributed by atoms with van der Waals surface area (Å²) >= 11 is 0. The molecular formula is C12H17NO3. The van der Waals surface area contributed by atoms with Crippen LogP contribution in [0.3, 0.4) is 0 Å². The molecule has 1 aliphatic rings. The molecule has 1 saturated heterocycles. The fourth-order valence-corrected chi connectivity index (χ4v) is 1.73. The van der Waals surface area contributed by atoms with Crippen LogP contribution < -0.4 is 0 Å². The van der Waals surface area contributed by atoms with Crippen molar-refractivity contribution in [2.75, 3.05) is 13.1 Å². The highest BCUT2D eigenvalue weighted by atomic mass is 16.4. The van der Waals surface area contributed by atoms with E-state index in [1.165, 1.54) is 6.08 Å². The lowest BCUT2D eigenvalue weighted by atomic mass is 9.98. The molecule has 0 bridgehead atoms. The Labute approximate surface area is 95.2 Å². The molecule has 1 aliphatic heterocycles. The summed E-state index contributed by atoms with van der Waals surface area (Å²) in [7, 11) is 0. The molecule has 4 heteroatoms. The molecule has 16 heavy (non-hydrogen) atoms. The van der Waals surface area contributed by atoms with Crippen LogP contribution in [0.2, 0.25) is 0 Å². The van der Waals surface area contributed by atoms with E-state index >= 15 is 0 Å². The van der Waals surface area contributed by atoms with Gasteiger partial charge in [0.2, 0.25) is 5.91 Å². The smallest absolute Gasteiger partial charge is 0.308 e. The summed E-state index contributed by atoms with van der Waals surface area (Å²) < 4.78 is 0. The first-order valence-corrected chi connectivity index (χ1v) is 5.46. The van der Waals surface area contributed by atoms with E-state index in [1.807, 2.05) is 13.0 Å². The lowest BCUT2D eigenvalue weighted by Gasteiger charge is -2.29. The van der Waals surface area contributed by atoms with Gasteiger partial charge >= 0.3 is 5.97 Å². The number of piperidine rings is 1. The van der Waals surface area contributed by atoms with E-state index in [0.29, 0.717) is 19.5 Å². The average molecular weight is 223 g/mol. The molecule has 0 unspecified atom stereocenters. The zero-order chi connectivity index (χ0) is 12.0. The van der Waals surface area contributed by atoms with Crippen molar-refractivity contribution in [3.05, 3.63) is 24.3 Å². The van der Waals surface area contributed by atoms with Crippen LogP contribution in [0, 0.1) is 5.92 Å². The Morgan fingerprint density at radius 1 is 1.38 bits per heavy atom. The maximum absolute atomic E-state index is 11.7. The van der Waals surface area contributed by atoms with Crippen molar-refractivity contribution in [1.82, 2.24) is 4.90 Å². The van der Waals surface area contributed by atoms with Crippen molar-refractivity contribution in [3.8, 4) is 0 Å². The normalized spacial score (nSPS) is 21.8. The van der Waals surface area contributed by atoms with Crippen LogP contribution in [-0.4, -0.2) is 35.0 Å². The van der Waals surface area contributed by atoms with E-state index in [9.17, 15) is 9.59 Å². The van der Waals surface area contributed by atoms with Gasteiger partial charge in [-0.15, -0.1) is 0 Å². The Bertz CT molecular complexity index is 320. The molecule has 0 aromatic rings. The quantitative estimate of drug-likeness (QED) is 0.582. The number of carboxylic acid groups (broad SMARTS) is 1. The predicted molar refractivity (Wildman–Crippen MR) is 60.9 cm³/mol. The molecule has 4 nitrogen and oxygen atoms in total. The summed E-state index contributed by atoms with van der Waals surface area (Å²) in [6.07, 6.45) is 8.19. The van der Waals surface area contributed by atoms with Crippen LogP contribution >= 0.6 is 0 Å². The van der Waals surface area contributed by atoms with Gasteiger partial charge in [0.1, 0.15) is 0 Å². The van der Waals surface area contributed by atoms with Gasteiger partial charge in [-0.25, -0.2) is 0 Å². The zero-order valence-electron chi connectivity index (χ0n) is 9.43. The summed E-state index contributed by atoms with van der Waals surface area (Å²) in [5, 5.41) is 8.88. The first-order valence-electron chi connectivity index (χ1n) is 5.46. The van der Waals surface area contributed by atoms with Gasteiger partial charge in [0.15, 0.2) is 0 Å². The number of amides is 1. The van der Waals surface area contributed by atoms with Gasteiger partial charge < -0.3 is 10.0 Å². The molecular weight excluding hydrogens is 206 g/mol. The third kappa shape index (κ3) is 3.53. The highest BCUT2D eigenvalue weighted by Gasteiger charge is 2.26. The van der Waals surface area contributed by atoms with Crippen molar-refractivity contribution >= 4 is 11.9 Å². The molecule has 1 atom stereocenters. The molecule has 1 fully saturated rings. The Morgan fingerprint density at radius 3 is 2.75 bits per heavy atom. The lowest BCUT2D eigenvalue weighted by molar-refractivity contribution is -0.144. The molecule has 1 amide bonds. The van der Waals surface area contributed by atoms with Gasteiger partial charge in [-0.05, 0) is 19.8 Å². The second-order valence-electron chi connectivity index (χ2n) is 3.85. The number of hydrogen-bond acceptors (Lipinski definition) is 2. The Kier molecular flexibility index (Phi) is 4.76. The predicted octanol–water partition coefficient (Wildman–Crippen LogP) is 1.44. The molecule has 0 radical (unpaired) electrons. The molecule has 0 aromatic heterocycles. The van der Waals surface area contributed by atoms with E-state index < -0.39 is 11.9 Å². The van der Waals surface area contributed by atoms with Crippen molar-refractivity contribution in [2.45, 2.75) is 19.8 Å². The van der Waals surface area contributed by atoms with Crippen molar-refractivity contribution < 1.29 is 14.7 Å². The van der Waals surface area contributed by atoms with Crippen molar-refractivity contribution in [3.63, 3.8) is 0 Å². The highest BCUT2D eigenvalue weighted by Crippen LogP contribution is 2.16. The van der Waals surface area contributed by atoms with Crippen LogP contribution in [0.1, 0.15) is 19.8 Å². The molecule has 0 aliphatic carbocycles. The number of hydrogen-bond donors (Lipinski definition) is 1. The van der Waals surface area contributed by atoms with Crippen LogP contribution in [-0.2, 0) is 9.59 Å². The summed E-state index contributed by atoms with van der Waals surface area (Å²) in [6, 6.07) is 0. The Morgan fingerprint density at radius 2 is 2.12 bits per heavy atom. The Balaban J connectivity index is 2.53. The first-order chi connectivity index (χ1) is 7.65. The van der Waals surface area contributed by atoms with Gasteiger partial charge in [-0.1, -0.05) is 18.2 Å². The van der Waals surface area contributed by atoms with Gasteiger partial charge in [-0.3, -0.25) is 9.59 Å². The van der Waals surface area contributed by atoms with Gasteiger partial charge in [-0.2, -0.15) is 0 Å². The summed E-state index contributed by atoms with van der Waals surface area (Å²) in [5.74, 6) is -1.33. The molecule has 1 heterocycles. The zero-order valence-corrected chi connectivity index (χ0v) is 9.43. The molecule has 0 spiro atoms. The van der Waals surface area contributed by atoms with Crippen molar-refractivity contribution in [1.29, 1.82) is 0 Å². The van der Waals surface area contributed by atoms with Crippen LogP contribution in [0.25, 0.3) is 0 Å². The minimum absolute atomic E-state index is 0.107. The highest BCUT2D eigenvalue weighted by molar-refractivity contribution is 5.88. The average Bonchev–Trinajstić information content (AvgIpc) is 2.29. The van der Waals surface area contributed by atoms with E-state index in [-0.39, 0.29) is 5.91 Å². The largest absolute Gasteiger partial charge is 0.481 e. The molecule has 1 N–H and O–H groups in total. The number of likely N-dealkylation sites (tertiary alicyclic amines) is 1. The van der Waals surface area contributed by atoms with E-state index in [2.05, 4.69) is 0 Å². The Hall–Kier alpha value is -1.58. The summed E-state index contributed by atoms with van der Waals surface area (Å²) in [4.78, 5) is 24.1. The second-order valence-corrected chi connectivity index (χ2v) is 3.85.